The summed E-state index contributed by atoms with van der Waals surface area (Å²) >= 11 is 0. The molecule has 1 aromatic carbocycles. The molecule has 0 aliphatic heterocycles. The zero-order valence-corrected chi connectivity index (χ0v) is 10.1. The molecule has 16 heavy (non-hydrogen) atoms. The Morgan fingerprint density at radius 2 is 1.94 bits per heavy atom. The maximum Gasteiger partial charge on any atom is 0.211 e. The molecule has 5 heteroatoms. The molecule has 0 unspecified atom stereocenters. The molecule has 0 aliphatic rings. The van der Waals surface area contributed by atoms with Crippen LogP contribution in [-0.2, 0) is 10.0 Å². The summed E-state index contributed by atoms with van der Waals surface area (Å²) < 4.78 is 25.2. The van der Waals surface area contributed by atoms with Gasteiger partial charge < -0.3 is 0 Å². The number of nitriles is 1. The molecular weight excluding hydrogens is 224 g/mol. The van der Waals surface area contributed by atoms with Gasteiger partial charge in [-0.3, -0.25) is 0 Å². The molecular formula is C11H14N2O2S. The molecule has 0 spiro atoms. The highest BCUT2D eigenvalue weighted by Gasteiger charge is 2.13. The first-order valence-electron chi connectivity index (χ1n) is 4.98. The lowest BCUT2D eigenvalue weighted by Crippen LogP contribution is -2.28. The number of benzene rings is 1. The molecule has 0 fully saturated rings. The van der Waals surface area contributed by atoms with Crippen LogP contribution in [0.4, 0.5) is 0 Å². The van der Waals surface area contributed by atoms with Gasteiger partial charge in [-0.25, -0.2) is 13.1 Å². The Kier molecular flexibility index (Phi) is 4.05. The molecule has 0 heterocycles. The van der Waals surface area contributed by atoms with Gasteiger partial charge in [-0.05, 0) is 31.5 Å². The van der Waals surface area contributed by atoms with E-state index in [9.17, 15) is 8.42 Å². The number of hydrogen-bond donors (Lipinski definition) is 1. The van der Waals surface area contributed by atoms with Crippen LogP contribution in [-0.4, -0.2) is 14.2 Å². The second kappa shape index (κ2) is 5.10. The summed E-state index contributed by atoms with van der Waals surface area (Å²) in [6, 6.07) is 8.58. The second-order valence-corrected chi connectivity index (χ2v) is 5.52. The van der Waals surface area contributed by atoms with Gasteiger partial charge in [0.15, 0.2) is 0 Å². The normalized spacial score (nSPS) is 13.1. The predicted octanol–water partition coefficient (Wildman–Crippen LogP) is 1.56. The van der Waals surface area contributed by atoms with Gasteiger partial charge in [0.1, 0.15) is 0 Å². The van der Waals surface area contributed by atoms with Gasteiger partial charge in [0.25, 0.3) is 0 Å². The standard InChI is InChI=1S/C11H14N2O2S/c1-3-16(14,15)13-9(2)11-6-4-10(8-12)5-7-11/h4-7,9,13H,3H2,1-2H3/t9-/m0/s1. The Labute approximate surface area is 96.0 Å². The lowest BCUT2D eigenvalue weighted by Gasteiger charge is -2.13. The van der Waals surface area contributed by atoms with Crippen molar-refractivity contribution in [3.63, 3.8) is 0 Å². The van der Waals surface area contributed by atoms with Crippen molar-refractivity contribution in [3.8, 4) is 6.07 Å². The van der Waals surface area contributed by atoms with Crippen LogP contribution in [0.25, 0.3) is 0 Å². The van der Waals surface area contributed by atoms with Gasteiger partial charge >= 0.3 is 0 Å². The van der Waals surface area contributed by atoms with Gasteiger partial charge in [-0.15, -0.1) is 0 Å². The summed E-state index contributed by atoms with van der Waals surface area (Å²) in [4.78, 5) is 0. The van der Waals surface area contributed by atoms with Crippen LogP contribution in [0, 0.1) is 11.3 Å². The quantitative estimate of drug-likeness (QED) is 0.865. The minimum atomic E-state index is -3.20. The first-order chi connectivity index (χ1) is 7.48. The van der Waals surface area contributed by atoms with Crippen molar-refractivity contribution in [1.29, 1.82) is 5.26 Å². The molecule has 0 aromatic heterocycles. The van der Waals surface area contributed by atoms with Crippen LogP contribution in [0.1, 0.15) is 31.0 Å². The van der Waals surface area contributed by atoms with E-state index >= 15 is 0 Å². The van der Waals surface area contributed by atoms with E-state index in [1.807, 2.05) is 6.07 Å². The van der Waals surface area contributed by atoms with Crippen molar-refractivity contribution >= 4 is 10.0 Å². The summed E-state index contributed by atoms with van der Waals surface area (Å²) in [6.45, 7) is 3.36. The Bertz CT molecular complexity index is 486. The third kappa shape index (κ3) is 3.33. The van der Waals surface area contributed by atoms with Crippen LogP contribution in [0.15, 0.2) is 24.3 Å². The Morgan fingerprint density at radius 1 is 1.38 bits per heavy atom. The van der Waals surface area contributed by atoms with Gasteiger partial charge in [0, 0.05) is 6.04 Å². The van der Waals surface area contributed by atoms with E-state index in [1.165, 1.54) is 0 Å². The van der Waals surface area contributed by atoms with E-state index in [1.54, 1.807) is 38.1 Å². The molecule has 1 N–H and O–H groups in total. The van der Waals surface area contributed by atoms with E-state index in [2.05, 4.69) is 4.72 Å². The molecule has 4 nitrogen and oxygen atoms in total. The zero-order valence-electron chi connectivity index (χ0n) is 9.27. The largest absolute Gasteiger partial charge is 0.212 e. The highest BCUT2D eigenvalue weighted by atomic mass is 32.2. The number of sulfonamides is 1. The van der Waals surface area contributed by atoms with Gasteiger partial charge in [-0.2, -0.15) is 5.26 Å². The van der Waals surface area contributed by atoms with E-state index in [0.29, 0.717) is 5.56 Å². The molecule has 1 aromatic rings. The fourth-order valence-electron chi connectivity index (χ4n) is 1.27. The predicted molar refractivity (Wildman–Crippen MR) is 62.2 cm³/mol. The molecule has 0 aliphatic carbocycles. The highest BCUT2D eigenvalue weighted by molar-refractivity contribution is 7.89. The van der Waals surface area contributed by atoms with E-state index in [0.717, 1.165) is 5.56 Å². The third-order valence-electron chi connectivity index (χ3n) is 2.28. The summed E-state index contributed by atoms with van der Waals surface area (Å²) in [7, 11) is -3.20. The molecule has 0 bridgehead atoms. The molecule has 0 radical (unpaired) electrons. The SMILES string of the molecule is CCS(=O)(=O)N[C@@H](C)c1ccc(C#N)cc1. The monoisotopic (exact) mass is 238 g/mol. The van der Waals surface area contributed by atoms with Crippen molar-refractivity contribution in [2.45, 2.75) is 19.9 Å². The number of nitrogens with zero attached hydrogens (tertiary/aromatic N) is 1. The van der Waals surface area contributed by atoms with Crippen LogP contribution in [0.3, 0.4) is 0 Å². The van der Waals surface area contributed by atoms with Crippen molar-refractivity contribution in [3.05, 3.63) is 35.4 Å². The minimum Gasteiger partial charge on any atom is -0.212 e. The Hall–Kier alpha value is -1.38. The van der Waals surface area contributed by atoms with Crippen molar-refractivity contribution < 1.29 is 8.42 Å². The average Bonchev–Trinajstić information content (AvgIpc) is 2.28. The van der Waals surface area contributed by atoms with Crippen molar-refractivity contribution in [2.75, 3.05) is 5.75 Å². The lowest BCUT2D eigenvalue weighted by atomic mass is 10.1. The molecule has 86 valence electrons. The highest BCUT2D eigenvalue weighted by Crippen LogP contribution is 2.14. The summed E-state index contributed by atoms with van der Waals surface area (Å²) in [5.74, 6) is 0.0631. The third-order valence-corrected chi connectivity index (χ3v) is 3.75. The summed E-state index contributed by atoms with van der Waals surface area (Å²) in [5, 5.41) is 8.63. The van der Waals surface area contributed by atoms with Crippen LogP contribution >= 0.6 is 0 Å². The zero-order chi connectivity index (χ0) is 12.2. The topological polar surface area (TPSA) is 70.0 Å². The van der Waals surface area contributed by atoms with Crippen LogP contribution in [0.2, 0.25) is 0 Å². The van der Waals surface area contributed by atoms with Crippen LogP contribution in [0.5, 0.6) is 0 Å². The fraction of sp³-hybridized carbons (Fsp3) is 0.364. The summed E-state index contributed by atoms with van der Waals surface area (Å²) in [5.41, 5.74) is 1.41. The molecule has 0 saturated carbocycles. The van der Waals surface area contributed by atoms with E-state index in [-0.39, 0.29) is 11.8 Å². The molecule has 1 rings (SSSR count). The van der Waals surface area contributed by atoms with E-state index in [4.69, 9.17) is 5.26 Å². The Morgan fingerprint density at radius 3 is 2.38 bits per heavy atom. The molecule has 1 atom stereocenters. The van der Waals surface area contributed by atoms with Gasteiger partial charge in [-0.1, -0.05) is 12.1 Å². The minimum absolute atomic E-state index is 0.0631. The lowest BCUT2D eigenvalue weighted by molar-refractivity contribution is 0.568. The second-order valence-electron chi connectivity index (χ2n) is 3.48. The fourth-order valence-corrected chi connectivity index (χ4v) is 2.11. The van der Waals surface area contributed by atoms with Crippen molar-refractivity contribution in [1.82, 2.24) is 4.72 Å². The smallest absolute Gasteiger partial charge is 0.211 e. The summed E-state index contributed by atoms with van der Waals surface area (Å²) in [6.07, 6.45) is 0. The van der Waals surface area contributed by atoms with Crippen LogP contribution < -0.4 is 4.72 Å². The maximum absolute atomic E-state index is 11.3. The van der Waals surface area contributed by atoms with Gasteiger partial charge in [0.2, 0.25) is 10.0 Å². The number of hydrogen-bond acceptors (Lipinski definition) is 3. The number of nitrogens with one attached hydrogen (secondary N) is 1. The molecule has 0 amide bonds. The average molecular weight is 238 g/mol. The van der Waals surface area contributed by atoms with Crippen molar-refractivity contribution in [2.24, 2.45) is 0 Å². The van der Waals surface area contributed by atoms with Gasteiger partial charge in [0.05, 0.1) is 17.4 Å². The first kappa shape index (κ1) is 12.7. The Balaban J connectivity index is 2.82. The number of rotatable bonds is 4. The first-order valence-corrected chi connectivity index (χ1v) is 6.64. The van der Waals surface area contributed by atoms with E-state index < -0.39 is 10.0 Å². The maximum atomic E-state index is 11.3. The molecule has 0 saturated heterocycles.